The fraction of sp³-hybridized carbons (Fsp3) is 0.0909. The topological polar surface area (TPSA) is 110 Å². The highest BCUT2D eigenvalue weighted by atomic mass is 16.5. The van der Waals surface area contributed by atoms with Crippen LogP contribution >= 0.6 is 0 Å². The van der Waals surface area contributed by atoms with E-state index in [1.54, 1.807) is 36.4 Å². The molecule has 0 spiro atoms. The van der Waals surface area contributed by atoms with Crippen molar-refractivity contribution in [1.82, 2.24) is 0 Å². The van der Waals surface area contributed by atoms with Crippen molar-refractivity contribution in [2.24, 2.45) is 0 Å². The maximum Gasteiger partial charge on any atom is 0.312 e. The fourth-order valence-corrected chi connectivity index (χ4v) is 3.69. The molecule has 29 heavy (non-hydrogen) atoms. The van der Waals surface area contributed by atoms with E-state index < -0.39 is 28.8 Å². The molecular formula is C22H14O7. The molecule has 0 fully saturated rings. The molecule has 0 saturated heterocycles. The van der Waals surface area contributed by atoms with Gasteiger partial charge in [-0.15, -0.1) is 0 Å². The van der Waals surface area contributed by atoms with E-state index in [0.29, 0.717) is 11.3 Å². The van der Waals surface area contributed by atoms with Crippen LogP contribution in [0.3, 0.4) is 0 Å². The first kappa shape index (κ1) is 17.1. The molecule has 2 N–H and O–H groups in total. The second-order valence-corrected chi connectivity index (χ2v) is 6.73. The Balaban J connectivity index is 1.90. The lowest BCUT2D eigenvalue weighted by Gasteiger charge is -2.25. The Morgan fingerprint density at radius 1 is 0.966 bits per heavy atom. The lowest BCUT2D eigenvalue weighted by molar-refractivity contribution is -0.135. The van der Waals surface area contributed by atoms with Gasteiger partial charge in [0.1, 0.15) is 22.5 Å². The van der Waals surface area contributed by atoms with Crippen molar-refractivity contribution in [2.45, 2.75) is 12.3 Å². The number of ether oxygens (including phenoxy) is 1. The number of aromatic hydroxyl groups is 2. The van der Waals surface area contributed by atoms with Gasteiger partial charge in [-0.3, -0.25) is 9.59 Å². The van der Waals surface area contributed by atoms with Crippen molar-refractivity contribution in [1.29, 1.82) is 0 Å². The summed E-state index contributed by atoms with van der Waals surface area (Å²) < 4.78 is 16.7. The summed E-state index contributed by atoms with van der Waals surface area (Å²) in [5, 5.41) is 20.7. The number of hydrogen-bond donors (Lipinski definition) is 2. The van der Waals surface area contributed by atoms with E-state index in [-0.39, 0.29) is 34.5 Å². The first-order valence-corrected chi connectivity index (χ1v) is 8.89. The zero-order valence-electron chi connectivity index (χ0n) is 14.9. The van der Waals surface area contributed by atoms with Gasteiger partial charge in [0.25, 0.3) is 0 Å². The third-order valence-corrected chi connectivity index (χ3v) is 4.99. The maximum atomic E-state index is 12.8. The summed E-state index contributed by atoms with van der Waals surface area (Å²) >= 11 is 0. The van der Waals surface area contributed by atoms with Crippen molar-refractivity contribution in [3.63, 3.8) is 0 Å². The lowest BCUT2D eigenvalue weighted by atomic mass is 9.88. The summed E-state index contributed by atoms with van der Waals surface area (Å²) in [7, 11) is 0. The van der Waals surface area contributed by atoms with Crippen LogP contribution in [0.15, 0.2) is 68.4 Å². The zero-order valence-corrected chi connectivity index (χ0v) is 14.9. The number of furan rings is 1. The predicted molar refractivity (Wildman–Crippen MR) is 102 cm³/mol. The standard InChI is InChI=1S/C22H14O7/c23-13-10-15(11-5-2-1-3-6-11)28-21-17-12(14-7-4-8-27-14)9-16(24)29-22(17)20(26)19(25)18(13)21/h1-8,10,12,25-26H,9H2/t12-/m1/s1. The number of hydrogen-bond acceptors (Lipinski definition) is 7. The summed E-state index contributed by atoms with van der Waals surface area (Å²) in [6.07, 6.45) is 1.39. The molecular weight excluding hydrogens is 376 g/mol. The normalized spacial score (nSPS) is 15.9. The second-order valence-electron chi connectivity index (χ2n) is 6.73. The predicted octanol–water partition coefficient (Wildman–Crippen LogP) is 3.91. The average molecular weight is 390 g/mol. The van der Waals surface area contributed by atoms with Crippen LogP contribution in [0.4, 0.5) is 0 Å². The first-order valence-electron chi connectivity index (χ1n) is 8.89. The van der Waals surface area contributed by atoms with Crippen molar-refractivity contribution in [3.05, 3.63) is 76.3 Å². The van der Waals surface area contributed by atoms with Crippen molar-refractivity contribution >= 4 is 16.9 Å². The lowest BCUT2D eigenvalue weighted by Crippen LogP contribution is -2.22. The van der Waals surface area contributed by atoms with Gasteiger partial charge in [0, 0.05) is 11.6 Å². The summed E-state index contributed by atoms with van der Waals surface area (Å²) in [4.78, 5) is 25.0. The van der Waals surface area contributed by atoms with Gasteiger partial charge in [0.15, 0.2) is 16.9 Å². The SMILES string of the molecule is O=C1C[C@H](c2ccco2)c2c(c(O)c(O)c3c(=O)cc(-c4ccccc4)oc23)O1. The van der Waals surface area contributed by atoms with E-state index in [9.17, 15) is 19.8 Å². The van der Waals surface area contributed by atoms with E-state index in [1.807, 2.05) is 6.07 Å². The highest BCUT2D eigenvalue weighted by molar-refractivity contribution is 5.96. The molecule has 0 aliphatic carbocycles. The second kappa shape index (κ2) is 6.27. The van der Waals surface area contributed by atoms with Crippen LogP contribution in [-0.4, -0.2) is 16.2 Å². The molecule has 2 aromatic heterocycles. The Hall–Kier alpha value is -4.00. The smallest absolute Gasteiger partial charge is 0.312 e. The molecule has 3 heterocycles. The van der Waals surface area contributed by atoms with Gasteiger partial charge < -0.3 is 23.8 Å². The Bertz CT molecular complexity index is 1300. The van der Waals surface area contributed by atoms with Gasteiger partial charge >= 0.3 is 5.97 Å². The summed E-state index contributed by atoms with van der Waals surface area (Å²) in [6, 6.07) is 13.6. The number of phenols is 2. The fourth-order valence-electron chi connectivity index (χ4n) is 3.69. The highest BCUT2D eigenvalue weighted by Crippen LogP contribution is 2.52. The summed E-state index contributed by atoms with van der Waals surface area (Å²) in [5.41, 5.74) is 0.446. The molecule has 7 nitrogen and oxygen atoms in total. The minimum atomic E-state index is -0.694. The Labute approximate surface area is 163 Å². The van der Waals surface area contributed by atoms with Crippen LogP contribution in [0.5, 0.6) is 17.2 Å². The largest absolute Gasteiger partial charge is 0.504 e. The van der Waals surface area contributed by atoms with E-state index in [4.69, 9.17) is 13.6 Å². The molecule has 7 heteroatoms. The van der Waals surface area contributed by atoms with E-state index in [1.165, 1.54) is 12.3 Å². The quantitative estimate of drug-likeness (QED) is 0.303. The zero-order chi connectivity index (χ0) is 20.1. The van der Waals surface area contributed by atoms with Crippen LogP contribution in [0, 0.1) is 0 Å². The van der Waals surface area contributed by atoms with Gasteiger partial charge in [0.05, 0.1) is 24.2 Å². The number of esters is 1. The van der Waals surface area contributed by atoms with Gasteiger partial charge in [0.2, 0.25) is 5.75 Å². The number of carbonyl (C=O) groups is 1. The van der Waals surface area contributed by atoms with Crippen LogP contribution in [0.2, 0.25) is 0 Å². The minimum absolute atomic E-state index is 0.0375. The van der Waals surface area contributed by atoms with E-state index in [0.717, 1.165) is 0 Å². The molecule has 0 bridgehead atoms. The molecule has 0 unspecified atom stereocenters. The minimum Gasteiger partial charge on any atom is -0.504 e. The van der Waals surface area contributed by atoms with Gasteiger partial charge in [-0.05, 0) is 12.1 Å². The summed E-state index contributed by atoms with van der Waals surface area (Å²) in [5.74, 6) is -2.13. The molecule has 5 rings (SSSR count). The number of fused-ring (bicyclic) bond motifs is 3. The Morgan fingerprint density at radius 2 is 1.76 bits per heavy atom. The summed E-state index contributed by atoms with van der Waals surface area (Å²) in [6.45, 7) is 0. The molecule has 0 amide bonds. The Kier molecular flexibility index (Phi) is 3.70. The maximum absolute atomic E-state index is 12.8. The molecule has 1 atom stereocenters. The molecule has 144 valence electrons. The molecule has 1 aliphatic heterocycles. The van der Waals surface area contributed by atoms with Crippen LogP contribution in [0.25, 0.3) is 22.3 Å². The molecule has 2 aromatic carbocycles. The van der Waals surface area contributed by atoms with E-state index in [2.05, 4.69) is 0 Å². The van der Waals surface area contributed by atoms with Crippen LogP contribution in [0.1, 0.15) is 23.7 Å². The van der Waals surface area contributed by atoms with Gasteiger partial charge in [-0.1, -0.05) is 30.3 Å². The van der Waals surface area contributed by atoms with Gasteiger partial charge in [-0.25, -0.2) is 0 Å². The number of rotatable bonds is 2. The van der Waals surface area contributed by atoms with Crippen molar-refractivity contribution in [3.8, 4) is 28.6 Å². The molecule has 0 radical (unpaired) electrons. The molecule has 0 saturated carbocycles. The Morgan fingerprint density at radius 3 is 2.48 bits per heavy atom. The van der Waals surface area contributed by atoms with Crippen LogP contribution in [-0.2, 0) is 4.79 Å². The van der Waals surface area contributed by atoms with E-state index >= 15 is 0 Å². The van der Waals surface area contributed by atoms with Crippen LogP contribution < -0.4 is 10.2 Å². The monoisotopic (exact) mass is 390 g/mol. The van der Waals surface area contributed by atoms with Crippen molar-refractivity contribution < 1.29 is 28.6 Å². The third kappa shape index (κ3) is 2.59. The average Bonchev–Trinajstić information content (AvgIpc) is 3.26. The molecule has 4 aromatic rings. The first-order chi connectivity index (χ1) is 14.0. The van der Waals surface area contributed by atoms with Crippen molar-refractivity contribution in [2.75, 3.05) is 0 Å². The third-order valence-electron chi connectivity index (χ3n) is 4.99. The van der Waals surface area contributed by atoms with Gasteiger partial charge in [-0.2, -0.15) is 0 Å². The highest BCUT2D eigenvalue weighted by Gasteiger charge is 2.37. The number of benzene rings is 2. The molecule has 1 aliphatic rings. The number of carbonyl (C=O) groups excluding carboxylic acids is 1. The number of phenolic OH excluding ortho intramolecular Hbond substituents is 2.